The van der Waals surface area contributed by atoms with Gasteiger partial charge >= 0.3 is 0 Å². The van der Waals surface area contributed by atoms with E-state index in [-0.39, 0.29) is 18.9 Å². The van der Waals surface area contributed by atoms with Crippen molar-refractivity contribution in [3.8, 4) is 0 Å². The highest BCUT2D eigenvalue weighted by Gasteiger charge is 2.24. The Hall–Kier alpha value is -0.440. The second-order valence-electron chi connectivity index (χ2n) is 3.72. The van der Waals surface area contributed by atoms with Gasteiger partial charge in [-0.25, -0.2) is 12.7 Å². The molecule has 0 aromatic carbocycles. The highest BCUT2D eigenvalue weighted by molar-refractivity contribution is 9.11. The largest absolute Gasteiger partial charge is 0.359 e. The molecule has 1 rings (SSSR count). The second-order valence-corrected chi connectivity index (χ2v) is 8.37. The monoisotopic (exact) mass is 354 g/mol. The first kappa shape index (κ1) is 15.6. The van der Waals surface area contributed by atoms with Crippen LogP contribution in [0.2, 0.25) is 0 Å². The third-order valence-corrected chi connectivity index (χ3v) is 6.13. The minimum absolute atomic E-state index is 0.149. The number of aryl methyl sites for hydroxylation is 1. The molecule has 0 aliphatic rings. The Bertz CT molecular complexity index is 539. The molecule has 1 amide bonds. The Morgan fingerprint density at radius 1 is 1.56 bits per heavy atom. The number of hydrogen-bond donors (Lipinski definition) is 1. The van der Waals surface area contributed by atoms with E-state index < -0.39 is 10.0 Å². The molecular formula is C10H15BrN2O3S2. The first-order chi connectivity index (χ1) is 8.28. The quantitative estimate of drug-likeness (QED) is 0.872. The lowest BCUT2D eigenvalue weighted by Crippen LogP contribution is -2.31. The van der Waals surface area contributed by atoms with E-state index in [1.807, 2.05) is 0 Å². The van der Waals surface area contributed by atoms with Crippen LogP contribution in [0.3, 0.4) is 0 Å². The standard InChI is InChI=1S/C10H15BrN2O3S2/c1-7-8(6-9(11)17-7)18(15,16)13(3)5-4-10(14)12-2/h6H,4-5H2,1-3H3,(H,12,14). The number of rotatable bonds is 5. The van der Waals surface area contributed by atoms with Gasteiger partial charge in [0.15, 0.2) is 0 Å². The molecule has 18 heavy (non-hydrogen) atoms. The summed E-state index contributed by atoms with van der Waals surface area (Å²) in [5.74, 6) is -0.180. The number of amides is 1. The van der Waals surface area contributed by atoms with Crippen LogP contribution in [0.4, 0.5) is 0 Å². The normalized spacial score (nSPS) is 11.8. The molecule has 1 N–H and O–H groups in total. The molecule has 0 saturated heterocycles. The van der Waals surface area contributed by atoms with Gasteiger partial charge < -0.3 is 5.32 Å². The van der Waals surface area contributed by atoms with Gasteiger partial charge in [0.05, 0.1) is 8.68 Å². The zero-order valence-electron chi connectivity index (χ0n) is 10.4. The number of halogens is 1. The molecule has 0 aliphatic carbocycles. The predicted octanol–water partition coefficient (Wildman–Crippen LogP) is 1.58. The maximum Gasteiger partial charge on any atom is 0.243 e. The summed E-state index contributed by atoms with van der Waals surface area (Å²) in [6.45, 7) is 1.92. The average molecular weight is 355 g/mol. The zero-order valence-corrected chi connectivity index (χ0v) is 13.6. The van der Waals surface area contributed by atoms with Crippen molar-refractivity contribution in [1.82, 2.24) is 9.62 Å². The number of carbonyl (C=O) groups is 1. The van der Waals surface area contributed by atoms with Gasteiger partial charge in [0, 0.05) is 31.9 Å². The molecule has 0 bridgehead atoms. The van der Waals surface area contributed by atoms with Crippen LogP contribution in [-0.2, 0) is 14.8 Å². The van der Waals surface area contributed by atoms with E-state index in [4.69, 9.17) is 0 Å². The van der Waals surface area contributed by atoms with Crippen LogP contribution in [0.25, 0.3) is 0 Å². The molecule has 1 heterocycles. The Morgan fingerprint density at radius 2 is 2.17 bits per heavy atom. The number of hydrogen-bond acceptors (Lipinski definition) is 4. The molecule has 0 unspecified atom stereocenters. The maximum absolute atomic E-state index is 12.2. The van der Waals surface area contributed by atoms with Gasteiger partial charge in [-0.2, -0.15) is 0 Å². The van der Waals surface area contributed by atoms with E-state index in [1.54, 1.807) is 13.0 Å². The molecule has 8 heteroatoms. The van der Waals surface area contributed by atoms with Crippen molar-refractivity contribution in [3.63, 3.8) is 0 Å². The molecule has 1 aromatic rings. The topological polar surface area (TPSA) is 66.5 Å². The molecule has 0 aliphatic heterocycles. The van der Waals surface area contributed by atoms with E-state index in [2.05, 4.69) is 21.2 Å². The first-order valence-electron chi connectivity index (χ1n) is 5.22. The van der Waals surface area contributed by atoms with Gasteiger partial charge in [0.1, 0.15) is 0 Å². The summed E-state index contributed by atoms with van der Waals surface area (Å²) in [5, 5.41) is 2.46. The Balaban J connectivity index is 2.87. The molecule has 0 spiro atoms. The SMILES string of the molecule is CNC(=O)CCN(C)S(=O)(=O)c1cc(Br)sc1C. The lowest BCUT2D eigenvalue weighted by Gasteiger charge is -2.16. The Kier molecular flexibility index (Phi) is 5.32. The third-order valence-electron chi connectivity index (χ3n) is 2.46. The molecule has 5 nitrogen and oxygen atoms in total. The number of nitrogens with zero attached hydrogens (tertiary/aromatic N) is 1. The fourth-order valence-corrected chi connectivity index (χ4v) is 4.91. The first-order valence-corrected chi connectivity index (χ1v) is 8.27. The van der Waals surface area contributed by atoms with Gasteiger partial charge in [-0.05, 0) is 28.9 Å². The summed E-state index contributed by atoms with van der Waals surface area (Å²) < 4.78 is 26.5. The Labute approximate surface area is 119 Å². The summed E-state index contributed by atoms with van der Waals surface area (Å²) in [6.07, 6.45) is 0.149. The van der Waals surface area contributed by atoms with Crippen molar-refractivity contribution in [2.75, 3.05) is 20.6 Å². The molecular weight excluding hydrogens is 340 g/mol. The minimum atomic E-state index is -3.52. The van der Waals surface area contributed by atoms with Crippen molar-refractivity contribution in [2.45, 2.75) is 18.2 Å². The van der Waals surface area contributed by atoms with Crippen LogP contribution < -0.4 is 5.32 Å². The van der Waals surface area contributed by atoms with Gasteiger partial charge in [-0.3, -0.25) is 4.79 Å². The molecule has 0 saturated carbocycles. The lowest BCUT2D eigenvalue weighted by molar-refractivity contribution is -0.120. The molecule has 0 radical (unpaired) electrons. The van der Waals surface area contributed by atoms with Crippen LogP contribution in [0, 0.1) is 6.92 Å². The highest BCUT2D eigenvalue weighted by Crippen LogP contribution is 2.31. The van der Waals surface area contributed by atoms with Gasteiger partial charge in [0.25, 0.3) is 0 Å². The van der Waals surface area contributed by atoms with E-state index in [1.165, 1.54) is 29.7 Å². The molecule has 1 aromatic heterocycles. The van der Waals surface area contributed by atoms with E-state index in [0.29, 0.717) is 4.90 Å². The van der Waals surface area contributed by atoms with Crippen molar-refractivity contribution in [2.24, 2.45) is 0 Å². The maximum atomic E-state index is 12.2. The zero-order chi connectivity index (χ0) is 13.9. The van der Waals surface area contributed by atoms with Gasteiger partial charge in [-0.1, -0.05) is 0 Å². The summed E-state index contributed by atoms with van der Waals surface area (Å²) in [7, 11) is -0.519. The van der Waals surface area contributed by atoms with Crippen molar-refractivity contribution >= 4 is 43.2 Å². The lowest BCUT2D eigenvalue weighted by atomic mass is 10.4. The van der Waals surface area contributed by atoms with Crippen LogP contribution >= 0.6 is 27.3 Å². The van der Waals surface area contributed by atoms with E-state index >= 15 is 0 Å². The summed E-state index contributed by atoms with van der Waals surface area (Å²) in [6, 6.07) is 1.59. The fourth-order valence-electron chi connectivity index (χ4n) is 1.36. The smallest absolute Gasteiger partial charge is 0.243 e. The van der Waals surface area contributed by atoms with E-state index in [9.17, 15) is 13.2 Å². The Morgan fingerprint density at radius 3 is 2.61 bits per heavy atom. The van der Waals surface area contributed by atoms with Gasteiger partial charge in [0.2, 0.25) is 15.9 Å². The summed E-state index contributed by atoms with van der Waals surface area (Å²) in [5.41, 5.74) is 0. The van der Waals surface area contributed by atoms with Crippen molar-refractivity contribution < 1.29 is 13.2 Å². The van der Waals surface area contributed by atoms with Crippen LogP contribution in [0.1, 0.15) is 11.3 Å². The molecule has 0 atom stereocenters. The minimum Gasteiger partial charge on any atom is -0.359 e. The van der Waals surface area contributed by atoms with Crippen LogP contribution in [-0.4, -0.2) is 39.3 Å². The van der Waals surface area contributed by atoms with E-state index in [0.717, 1.165) is 8.66 Å². The third kappa shape index (κ3) is 3.53. The fraction of sp³-hybridized carbons (Fsp3) is 0.500. The van der Waals surface area contributed by atoms with Crippen molar-refractivity contribution in [1.29, 1.82) is 0 Å². The van der Waals surface area contributed by atoms with Crippen molar-refractivity contribution in [3.05, 3.63) is 14.7 Å². The number of nitrogens with one attached hydrogen (secondary N) is 1. The highest BCUT2D eigenvalue weighted by atomic mass is 79.9. The number of sulfonamides is 1. The van der Waals surface area contributed by atoms with Crippen LogP contribution in [0.15, 0.2) is 14.7 Å². The molecule has 102 valence electrons. The number of carbonyl (C=O) groups excluding carboxylic acids is 1. The summed E-state index contributed by atoms with van der Waals surface area (Å²) in [4.78, 5) is 12.1. The second kappa shape index (κ2) is 6.14. The average Bonchev–Trinajstić information content (AvgIpc) is 2.65. The van der Waals surface area contributed by atoms with Crippen LogP contribution in [0.5, 0.6) is 0 Å². The van der Waals surface area contributed by atoms with Gasteiger partial charge in [-0.15, -0.1) is 11.3 Å². The number of thiophene rings is 1. The summed E-state index contributed by atoms with van der Waals surface area (Å²) >= 11 is 4.64. The predicted molar refractivity (Wildman–Crippen MR) is 75.3 cm³/mol. The molecule has 0 fully saturated rings.